The van der Waals surface area contributed by atoms with Crippen LogP contribution in [0.1, 0.15) is 31.7 Å². The first-order valence-corrected chi connectivity index (χ1v) is 8.73. The van der Waals surface area contributed by atoms with Crippen LogP contribution in [0.3, 0.4) is 0 Å². The molecule has 5 heteroatoms. The van der Waals surface area contributed by atoms with Crippen LogP contribution in [0, 0.1) is 18.8 Å². The number of rotatable bonds is 3. The topological polar surface area (TPSA) is 49.9 Å². The van der Waals surface area contributed by atoms with Gasteiger partial charge in [0.15, 0.2) is 0 Å². The van der Waals surface area contributed by atoms with Gasteiger partial charge in [-0.25, -0.2) is 0 Å². The highest BCUT2D eigenvalue weighted by atomic mass is 16.5. The van der Waals surface area contributed by atoms with Crippen LogP contribution < -0.4 is 9.64 Å². The normalized spacial score (nSPS) is 22.1. The number of likely N-dealkylation sites (tertiary alicyclic amines) is 1. The first kappa shape index (κ1) is 16.8. The first-order chi connectivity index (χ1) is 11.5. The molecule has 2 aliphatic rings. The second-order valence-electron chi connectivity index (χ2n) is 7.09. The molecule has 24 heavy (non-hydrogen) atoms. The van der Waals surface area contributed by atoms with Crippen molar-refractivity contribution in [1.29, 1.82) is 0 Å². The lowest BCUT2D eigenvalue weighted by atomic mass is 9.97. The third kappa shape index (κ3) is 3.25. The maximum atomic E-state index is 12.8. The van der Waals surface area contributed by atoms with Crippen LogP contribution in [0.4, 0.5) is 5.69 Å². The summed E-state index contributed by atoms with van der Waals surface area (Å²) in [6.07, 6.45) is 2.41. The highest BCUT2D eigenvalue weighted by Crippen LogP contribution is 2.34. The van der Waals surface area contributed by atoms with Gasteiger partial charge in [-0.2, -0.15) is 0 Å². The third-order valence-corrected chi connectivity index (χ3v) is 5.19. The molecular formula is C19H26N2O3. The van der Waals surface area contributed by atoms with Gasteiger partial charge >= 0.3 is 0 Å². The molecule has 0 N–H and O–H groups in total. The van der Waals surface area contributed by atoms with Crippen LogP contribution in [0.15, 0.2) is 18.2 Å². The van der Waals surface area contributed by atoms with Crippen LogP contribution in [0.5, 0.6) is 5.75 Å². The lowest BCUT2D eigenvalue weighted by Crippen LogP contribution is -2.42. The molecule has 3 rings (SSSR count). The Morgan fingerprint density at radius 3 is 2.62 bits per heavy atom. The number of hydrogen-bond acceptors (Lipinski definition) is 3. The van der Waals surface area contributed by atoms with Gasteiger partial charge in [-0.1, -0.05) is 13.0 Å². The highest BCUT2D eigenvalue weighted by Gasteiger charge is 2.38. The molecule has 2 fully saturated rings. The Bertz CT molecular complexity index is 635. The molecule has 2 amide bonds. The fraction of sp³-hybridized carbons (Fsp3) is 0.579. The van der Waals surface area contributed by atoms with Crippen molar-refractivity contribution in [1.82, 2.24) is 4.90 Å². The van der Waals surface area contributed by atoms with Crippen LogP contribution in [0.25, 0.3) is 0 Å². The number of benzene rings is 1. The molecule has 0 bridgehead atoms. The average molecular weight is 330 g/mol. The van der Waals surface area contributed by atoms with Crippen molar-refractivity contribution in [2.24, 2.45) is 11.8 Å². The van der Waals surface area contributed by atoms with Gasteiger partial charge in [0.1, 0.15) is 5.75 Å². The predicted molar refractivity (Wildman–Crippen MR) is 93.2 cm³/mol. The predicted octanol–water partition coefficient (Wildman–Crippen LogP) is 2.62. The summed E-state index contributed by atoms with van der Waals surface area (Å²) in [6.45, 7) is 6.30. The summed E-state index contributed by atoms with van der Waals surface area (Å²) >= 11 is 0. The first-order valence-electron chi connectivity index (χ1n) is 8.73. The summed E-state index contributed by atoms with van der Waals surface area (Å²) in [5, 5.41) is 0. The second kappa shape index (κ2) is 6.83. The molecule has 0 saturated carbocycles. The molecule has 1 atom stereocenters. The molecule has 2 saturated heterocycles. The maximum absolute atomic E-state index is 12.8. The van der Waals surface area contributed by atoms with Crippen LogP contribution >= 0.6 is 0 Å². The molecule has 0 aliphatic carbocycles. The Kier molecular flexibility index (Phi) is 4.78. The van der Waals surface area contributed by atoms with E-state index in [1.165, 1.54) is 0 Å². The Morgan fingerprint density at radius 2 is 1.96 bits per heavy atom. The lowest BCUT2D eigenvalue weighted by molar-refractivity contribution is -0.137. The molecule has 0 unspecified atom stereocenters. The standard InChI is InChI=1S/C19H26N2O3/c1-13-6-8-20(9-7-13)19(23)15-11-18(22)21(12-15)16-10-14(2)4-5-17(16)24-3/h4-5,10,13,15H,6-9,11-12H2,1-3H3/t15-/m1/s1. The van der Waals surface area contributed by atoms with E-state index in [1.807, 2.05) is 30.0 Å². The minimum absolute atomic E-state index is 0.00243. The second-order valence-corrected chi connectivity index (χ2v) is 7.09. The van der Waals surface area contributed by atoms with E-state index < -0.39 is 0 Å². The van der Waals surface area contributed by atoms with Crippen molar-refractivity contribution >= 4 is 17.5 Å². The molecule has 1 aromatic carbocycles. The molecule has 0 radical (unpaired) electrons. The fourth-order valence-corrected chi connectivity index (χ4v) is 3.60. The number of anilines is 1. The van der Waals surface area contributed by atoms with Crippen molar-refractivity contribution < 1.29 is 14.3 Å². The van der Waals surface area contributed by atoms with E-state index in [0.717, 1.165) is 37.2 Å². The number of aryl methyl sites for hydroxylation is 1. The zero-order chi connectivity index (χ0) is 17.3. The number of amides is 2. The summed E-state index contributed by atoms with van der Waals surface area (Å²) in [5.74, 6) is 1.25. The summed E-state index contributed by atoms with van der Waals surface area (Å²) < 4.78 is 5.40. The lowest BCUT2D eigenvalue weighted by Gasteiger charge is -2.32. The van der Waals surface area contributed by atoms with Crippen molar-refractivity contribution in [3.05, 3.63) is 23.8 Å². The van der Waals surface area contributed by atoms with E-state index in [1.54, 1.807) is 12.0 Å². The number of carbonyl (C=O) groups is 2. The molecule has 1 aromatic rings. The molecule has 2 heterocycles. The summed E-state index contributed by atoms with van der Waals surface area (Å²) in [7, 11) is 1.60. The molecule has 130 valence electrons. The van der Waals surface area contributed by atoms with Crippen molar-refractivity contribution in [3.63, 3.8) is 0 Å². The number of ether oxygens (including phenoxy) is 1. The van der Waals surface area contributed by atoms with Gasteiger partial charge in [0, 0.05) is 26.1 Å². The largest absolute Gasteiger partial charge is 0.495 e. The van der Waals surface area contributed by atoms with E-state index in [-0.39, 0.29) is 17.7 Å². The number of methoxy groups -OCH3 is 1. The minimum atomic E-state index is -0.240. The maximum Gasteiger partial charge on any atom is 0.228 e. The zero-order valence-electron chi connectivity index (χ0n) is 14.7. The van der Waals surface area contributed by atoms with E-state index >= 15 is 0 Å². The highest BCUT2D eigenvalue weighted by molar-refractivity contribution is 6.01. The summed E-state index contributed by atoms with van der Waals surface area (Å²) in [5.41, 5.74) is 1.84. The molecule has 2 aliphatic heterocycles. The zero-order valence-corrected chi connectivity index (χ0v) is 14.7. The molecule has 0 aromatic heterocycles. The third-order valence-electron chi connectivity index (χ3n) is 5.19. The van der Waals surface area contributed by atoms with Gasteiger partial charge in [-0.15, -0.1) is 0 Å². The van der Waals surface area contributed by atoms with Gasteiger partial charge in [0.25, 0.3) is 0 Å². The van der Waals surface area contributed by atoms with Gasteiger partial charge in [-0.3, -0.25) is 9.59 Å². The smallest absolute Gasteiger partial charge is 0.228 e. The van der Waals surface area contributed by atoms with Gasteiger partial charge in [0.05, 0.1) is 18.7 Å². The van der Waals surface area contributed by atoms with Crippen LogP contribution in [-0.2, 0) is 9.59 Å². The molecular weight excluding hydrogens is 304 g/mol. The van der Waals surface area contributed by atoms with E-state index in [9.17, 15) is 9.59 Å². The summed E-state index contributed by atoms with van der Waals surface area (Å²) in [4.78, 5) is 28.9. The van der Waals surface area contributed by atoms with E-state index in [4.69, 9.17) is 4.74 Å². The quantitative estimate of drug-likeness (QED) is 0.856. The van der Waals surface area contributed by atoms with Crippen LogP contribution in [-0.4, -0.2) is 43.5 Å². The van der Waals surface area contributed by atoms with Gasteiger partial charge in [-0.05, 0) is 43.4 Å². The fourth-order valence-electron chi connectivity index (χ4n) is 3.60. The number of nitrogens with zero attached hydrogens (tertiary/aromatic N) is 2. The van der Waals surface area contributed by atoms with E-state index in [0.29, 0.717) is 24.6 Å². The Hall–Kier alpha value is -2.04. The van der Waals surface area contributed by atoms with Gasteiger partial charge in [0.2, 0.25) is 11.8 Å². The molecule has 0 spiro atoms. The number of piperidine rings is 1. The van der Waals surface area contributed by atoms with Crippen molar-refractivity contribution in [2.75, 3.05) is 31.6 Å². The Labute approximate surface area is 143 Å². The molecule has 5 nitrogen and oxygen atoms in total. The van der Waals surface area contributed by atoms with E-state index in [2.05, 4.69) is 6.92 Å². The monoisotopic (exact) mass is 330 g/mol. The minimum Gasteiger partial charge on any atom is -0.495 e. The summed E-state index contributed by atoms with van der Waals surface area (Å²) in [6, 6.07) is 5.78. The average Bonchev–Trinajstić information content (AvgIpc) is 2.96. The van der Waals surface area contributed by atoms with Crippen molar-refractivity contribution in [2.45, 2.75) is 33.1 Å². The van der Waals surface area contributed by atoms with Gasteiger partial charge < -0.3 is 14.5 Å². The number of carbonyl (C=O) groups excluding carboxylic acids is 2. The SMILES string of the molecule is COc1ccc(C)cc1N1C[C@H](C(=O)N2CCC(C)CC2)CC1=O. The van der Waals surface area contributed by atoms with Crippen molar-refractivity contribution in [3.8, 4) is 5.75 Å². The number of hydrogen-bond donors (Lipinski definition) is 0. The Balaban J connectivity index is 1.74. The van der Waals surface area contributed by atoms with Crippen LogP contribution in [0.2, 0.25) is 0 Å². The Morgan fingerprint density at radius 1 is 1.25 bits per heavy atom.